The number of aromatic nitrogens is 1. The van der Waals surface area contributed by atoms with E-state index >= 15 is 0 Å². The predicted molar refractivity (Wildman–Crippen MR) is 72.8 cm³/mol. The lowest BCUT2D eigenvalue weighted by atomic mass is 10.1. The van der Waals surface area contributed by atoms with Crippen LogP contribution in [0.4, 0.5) is 11.4 Å². The third kappa shape index (κ3) is 2.43. The fraction of sp³-hybridized carbons (Fsp3) is 0.0769. The van der Waals surface area contributed by atoms with Gasteiger partial charge in [-0.2, -0.15) is 0 Å². The van der Waals surface area contributed by atoms with E-state index in [2.05, 4.69) is 10.3 Å². The van der Waals surface area contributed by atoms with Gasteiger partial charge in [0.2, 0.25) is 0 Å². The monoisotopic (exact) mass is 261 g/mol. The Morgan fingerprint density at radius 3 is 2.83 bits per heavy atom. The smallest absolute Gasteiger partial charge is 0.257 e. The lowest BCUT2D eigenvalue weighted by Gasteiger charge is -2.09. The summed E-state index contributed by atoms with van der Waals surface area (Å²) < 4.78 is 0. The van der Waals surface area contributed by atoms with Gasteiger partial charge in [0.25, 0.3) is 5.91 Å². The van der Waals surface area contributed by atoms with Crippen LogP contribution in [-0.4, -0.2) is 10.9 Å². The van der Waals surface area contributed by atoms with Crippen LogP contribution >= 0.6 is 11.6 Å². The van der Waals surface area contributed by atoms with E-state index in [9.17, 15) is 4.79 Å². The number of nitrogens with one attached hydrogen (secondary N) is 1. The van der Waals surface area contributed by atoms with Crippen LogP contribution in [0.1, 0.15) is 16.1 Å². The molecule has 0 aliphatic heterocycles. The molecule has 2 aromatic rings. The summed E-state index contributed by atoms with van der Waals surface area (Å²) in [5.74, 6) is -0.300. The third-order valence-corrected chi connectivity index (χ3v) is 2.88. The molecule has 0 spiro atoms. The average Bonchev–Trinajstić information content (AvgIpc) is 2.35. The summed E-state index contributed by atoms with van der Waals surface area (Å²) in [5.41, 5.74) is 7.79. The van der Waals surface area contributed by atoms with Crippen LogP contribution in [0.3, 0.4) is 0 Å². The molecule has 0 radical (unpaired) electrons. The number of anilines is 2. The van der Waals surface area contributed by atoms with Gasteiger partial charge < -0.3 is 11.1 Å². The highest BCUT2D eigenvalue weighted by molar-refractivity contribution is 6.34. The highest BCUT2D eigenvalue weighted by Gasteiger charge is 2.12. The SMILES string of the molecule is Cc1ncccc1NC(=O)c1cccc(Cl)c1N. The number of carbonyl (C=O) groups is 1. The van der Waals surface area contributed by atoms with Crippen molar-refractivity contribution in [3.63, 3.8) is 0 Å². The van der Waals surface area contributed by atoms with E-state index in [0.29, 0.717) is 16.3 Å². The van der Waals surface area contributed by atoms with Crippen molar-refractivity contribution in [3.05, 3.63) is 52.8 Å². The van der Waals surface area contributed by atoms with E-state index < -0.39 is 0 Å². The second-order valence-corrected chi connectivity index (χ2v) is 4.20. The number of carbonyl (C=O) groups excluding carboxylic acids is 1. The number of pyridine rings is 1. The Labute approximate surface area is 110 Å². The zero-order chi connectivity index (χ0) is 13.1. The van der Waals surface area contributed by atoms with Crippen molar-refractivity contribution in [2.45, 2.75) is 6.92 Å². The largest absolute Gasteiger partial charge is 0.397 e. The van der Waals surface area contributed by atoms with Crippen molar-refractivity contribution in [1.82, 2.24) is 4.98 Å². The first kappa shape index (κ1) is 12.4. The number of nitrogens with two attached hydrogens (primary N) is 1. The van der Waals surface area contributed by atoms with E-state index in [4.69, 9.17) is 17.3 Å². The zero-order valence-corrected chi connectivity index (χ0v) is 10.5. The molecule has 0 saturated heterocycles. The van der Waals surface area contributed by atoms with Gasteiger partial charge in [0, 0.05) is 6.20 Å². The Morgan fingerprint density at radius 1 is 1.33 bits per heavy atom. The molecule has 5 heteroatoms. The van der Waals surface area contributed by atoms with E-state index in [1.54, 1.807) is 36.5 Å². The van der Waals surface area contributed by atoms with Crippen LogP contribution in [0.2, 0.25) is 5.02 Å². The fourth-order valence-electron chi connectivity index (χ4n) is 1.54. The van der Waals surface area contributed by atoms with Crippen LogP contribution in [0.15, 0.2) is 36.5 Å². The highest BCUT2D eigenvalue weighted by Crippen LogP contribution is 2.23. The first-order chi connectivity index (χ1) is 8.59. The fourth-order valence-corrected chi connectivity index (χ4v) is 1.72. The molecule has 3 N–H and O–H groups in total. The summed E-state index contributed by atoms with van der Waals surface area (Å²) in [4.78, 5) is 16.2. The average molecular weight is 262 g/mol. The molecule has 2 rings (SSSR count). The molecular weight excluding hydrogens is 250 g/mol. The molecule has 0 fully saturated rings. The van der Waals surface area contributed by atoms with Crippen molar-refractivity contribution in [2.24, 2.45) is 0 Å². The number of para-hydroxylation sites is 1. The van der Waals surface area contributed by atoms with Crippen LogP contribution in [0, 0.1) is 6.92 Å². The summed E-state index contributed by atoms with van der Waals surface area (Å²) in [5, 5.41) is 3.12. The molecule has 0 atom stereocenters. The topological polar surface area (TPSA) is 68.0 Å². The number of amides is 1. The molecule has 1 aromatic carbocycles. The maximum atomic E-state index is 12.1. The van der Waals surface area contributed by atoms with E-state index in [1.165, 1.54) is 0 Å². The molecule has 1 amide bonds. The van der Waals surface area contributed by atoms with Gasteiger partial charge in [-0.25, -0.2) is 0 Å². The molecule has 92 valence electrons. The van der Waals surface area contributed by atoms with Gasteiger partial charge in [-0.05, 0) is 31.2 Å². The minimum absolute atomic E-state index is 0.276. The van der Waals surface area contributed by atoms with Gasteiger partial charge in [0.15, 0.2) is 0 Å². The van der Waals surface area contributed by atoms with E-state index in [-0.39, 0.29) is 11.6 Å². The predicted octanol–water partition coefficient (Wildman–Crippen LogP) is 2.88. The minimum atomic E-state index is -0.300. The molecule has 18 heavy (non-hydrogen) atoms. The number of hydrogen-bond acceptors (Lipinski definition) is 3. The number of benzene rings is 1. The second-order valence-electron chi connectivity index (χ2n) is 3.79. The van der Waals surface area contributed by atoms with Gasteiger partial charge in [0.1, 0.15) is 0 Å². The van der Waals surface area contributed by atoms with Crippen LogP contribution < -0.4 is 11.1 Å². The zero-order valence-electron chi connectivity index (χ0n) is 9.77. The Bertz CT molecular complexity index is 599. The van der Waals surface area contributed by atoms with Crippen LogP contribution in [0.25, 0.3) is 0 Å². The standard InChI is InChI=1S/C13H12ClN3O/c1-8-11(6-3-7-16-8)17-13(18)9-4-2-5-10(14)12(9)15/h2-7H,15H2,1H3,(H,17,18). The number of hydrogen-bond donors (Lipinski definition) is 2. The summed E-state index contributed by atoms with van der Waals surface area (Å²) in [6, 6.07) is 8.49. The highest BCUT2D eigenvalue weighted by atomic mass is 35.5. The van der Waals surface area contributed by atoms with Gasteiger partial charge in [-0.1, -0.05) is 17.7 Å². The lowest BCUT2D eigenvalue weighted by molar-refractivity contribution is 0.102. The Kier molecular flexibility index (Phi) is 3.48. The van der Waals surface area contributed by atoms with Gasteiger partial charge in [-0.15, -0.1) is 0 Å². The normalized spacial score (nSPS) is 10.1. The number of halogens is 1. The van der Waals surface area contributed by atoms with Crippen molar-refractivity contribution in [3.8, 4) is 0 Å². The Balaban J connectivity index is 2.28. The maximum Gasteiger partial charge on any atom is 0.257 e. The Hall–Kier alpha value is -2.07. The summed E-state index contributed by atoms with van der Waals surface area (Å²) in [7, 11) is 0. The second kappa shape index (κ2) is 5.06. The molecule has 4 nitrogen and oxygen atoms in total. The van der Waals surface area contributed by atoms with Gasteiger partial charge in [-0.3, -0.25) is 9.78 Å². The van der Waals surface area contributed by atoms with Crippen LogP contribution in [0.5, 0.6) is 0 Å². The lowest BCUT2D eigenvalue weighted by Crippen LogP contribution is -2.15. The minimum Gasteiger partial charge on any atom is -0.397 e. The number of rotatable bonds is 2. The van der Waals surface area contributed by atoms with Gasteiger partial charge >= 0.3 is 0 Å². The Morgan fingerprint density at radius 2 is 2.11 bits per heavy atom. The maximum absolute atomic E-state index is 12.1. The first-order valence-electron chi connectivity index (χ1n) is 5.36. The van der Waals surface area contributed by atoms with E-state index in [0.717, 1.165) is 5.69 Å². The summed E-state index contributed by atoms with van der Waals surface area (Å²) >= 11 is 5.87. The van der Waals surface area contributed by atoms with Crippen molar-refractivity contribution in [2.75, 3.05) is 11.1 Å². The molecule has 0 aliphatic rings. The molecule has 0 aliphatic carbocycles. The molecule has 1 heterocycles. The molecular formula is C13H12ClN3O. The molecule has 1 aromatic heterocycles. The summed E-state index contributed by atoms with van der Waals surface area (Å²) in [6.07, 6.45) is 1.67. The van der Waals surface area contributed by atoms with E-state index in [1.807, 2.05) is 6.92 Å². The quantitative estimate of drug-likeness (QED) is 0.817. The number of nitrogens with zero attached hydrogens (tertiary/aromatic N) is 1. The molecule has 0 bridgehead atoms. The molecule has 0 saturated carbocycles. The number of nitrogen functional groups attached to an aromatic ring is 1. The molecule has 0 unspecified atom stereocenters. The van der Waals surface area contributed by atoms with Crippen molar-refractivity contribution < 1.29 is 4.79 Å². The van der Waals surface area contributed by atoms with Crippen molar-refractivity contribution >= 4 is 28.9 Å². The first-order valence-corrected chi connectivity index (χ1v) is 5.74. The third-order valence-electron chi connectivity index (χ3n) is 2.55. The van der Waals surface area contributed by atoms with Crippen molar-refractivity contribution in [1.29, 1.82) is 0 Å². The van der Waals surface area contributed by atoms with Crippen LogP contribution in [-0.2, 0) is 0 Å². The van der Waals surface area contributed by atoms with Gasteiger partial charge in [0.05, 0.1) is 27.7 Å². The number of aryl methyl sites for hydroxylation is 1. The summed E-state index contributed by atoms with van der Waals surface area (Å²) in [6.45, 7) is 1.82.